The van der Waals surface area contributed by atoms with Crippen LogP contribution >= 0.6 is 7.60 Å². The highest BCUT2D eigenvalue weighted by molar-refractivity contribution is 7.55. The van der Waals surface area contributed by atoms with Crippen molar-refractivity contribution in [3.63, 3.8) is 0 Å². The molecule has 0 radical (unpaired) electrons. The summed E-state index contributed by atoms with van der Waals surface area (Å²) >= 11 is 0. The average molecular weight is 248 g/mol. The average Bonchev–Trinajstić information content (AvgIpc) is 2.45. The van der Waals surface area contributed by atoms with Gasteiger partial charge in [0.2, 0.25) is 0 Å². The van der Waals surface area contributed by atoms with Crippen molar-refractivity contribution in [2.24, 2.45) is 0 Å². The molecule has 1 atom stereocenters. The second-order valence-corrected chi connectivity index (χ2v) is 6.15. The minimum absolute atomic E-state index is 0.271. The zero-order chi connectivity index (χ0) is 12.1. The molecule has 0 amide bonds. The Morgan fingerprint density at radius 3 is 2.50 bits per heavy atom. The summed E-state index contributed by atoms with van der Waals surface area (Å²) < 4.78 is 22.9. The summed E-state index contributed by atoms with van der Waals surface area (Å²) in [6.45, 7) is 4.03. The van der Waals surface area contributed by atoms with Gasteiger partial charge >= 0.3 is 7.60 Å². The van der Waals surface area contributed by atoms with E-state index in [-0.39, 0.29) is 13.2 Å². The highest BCUT2D eigenvalue weighted by atomic mass is 31.2. The van der Waals surface area contributed by atoms with Gasteiger partial charge in [0, 0.05) is 0 Å². The van der Waals surface area contributed by atoms with Crippen LogP contribution in [0.25, 0.3) is 0 Å². The third-order valence-corrected chi connectivity index (χ3v) is 5.14. The van der Waals surface area contributed by atoms with Gasteiger partial charge < -0.3 is 14.2 Å². The van der Waals surface area contributed by atoms with Crippen LogP contribution in [0.4, 0.5) is 0 Å². The first kappa shape index (κ1) is 13.9. The van der Waals surface area contributed by atoms with Crippen LogP contribution in [0.3, 0.4) is 0 Å². The Kier molecular flexibility index (Phi) is 5.19. The van der Waals surface area contributed by atoms with Crippen molar-refractivity contribution in [3.8, 4) is 0 Å². The van der Waals surface area contributed by atoms with E-state index in [9.17, 15) is 9.67 Å². The highest BCUT2D eigenvalue weighted by Crippen LogP contribution is 2.61. The molecule has 0 bridgehead atoms. The van der Waals surface area contributed by atoms with Gasteiger partial charge in [-0.2, -0.15) is 0 Å². The van der Waals surface area contributed by atoms with E-state index < -0.39 is 12.9 Å². The van der Waals surface area contributed by atoms with Crippen LogP contribution in [0.5, 0.6) is 0 Å². The Balaban J connectivity index is 2.94. The third-order valence-electron chi connectivity index (χ3n) is 2.62. The van der Waals surface area contributed by atoms with E-state index >= 15 is 0 Å². The maximum Gasteiger partial charge on any atom is 0.365 e. The largest absolute Gasteiger partial charge is 0.374 e. The fraction of sp³-hybridized carbons (Fsp3) is 0.818. The summed E-state index contributed by atoms with van der Waals surface area (Å²) in [6.07, 6.45) is 6.61. The molecule has 0 saturated heterocycles. The van der Waals surface area contributed by atoms with E-state index in [1.165, 1.54) is 0 Å². The zero-order valence-electron chi connectivity index (χ0n) is 10.0. The molecule has 0 aromatic rings. The molecule has 1 unspecified atom stereocenters. The molecule has 1 aliphatic rings. The van der Waals surface area contributed by atoms with Crippen molar-refractivity contribution in [2.45, 2.75) is 44.9 Å². The molecule has 0 heterocycles. The molecule has 1 N–H and O–H groups in total. The summed E-state index contributed by atoms with van der Waals surface area (Å²) in [7, 11) is -3.47. The molecule has 1 aliphatic carbocycles. The van der Waals surface area contributed by atoms with Crippen molar-refractivity contribution in [1.29, 1.82) is 0 Å². The van der Waals surface area contributed by atoms with Gasteiger partial charge in [-0.3, -0.25) is 4.57 Å². The minimum Gasteiger partial charge on any atom is -0.374 e. The lowest BCUT2D eigenvalue weighted by molar-refractivity contribution is 0.0953. The molecule has 0 fully saturated rings. The molecule has 0 aromatic heterocycles. The SMILES string of the molecule is CCOP(=O)(OCC)C1(O)C=CCCCC1. The number of rotatable bonds is 5. The van der Waals surface area contributed by atoms with Crippen LogP contribution in [0.1, 0.15) is 39.5 Å². The van der Waals surface area contributed by atoms with E-state index in [0.717, 1.165) is 19.3 Å². The molecular weight excluding hydrogens is 227 g/mol. The van der Waals surface area contributed by atoms with Crippen molar-refractivity contribution in [1.82, 2.24) is 0 Å². The Hall–Kier alpha value is -0.150. The van der Waals surface area contributed by atoms with Gasteiger partial charge in [-0.25, -0.2) is 0 Å². The topological polar surface area (TPSA) is 55.8 Å². The van der Waals surface area contributed by atoms with E-state index in [1.807, 2.05) is 6.08 Å². The van der Waals surface area contributed by atoms with Crippen molar-refractivity contribution in [2.75, 3.05) is 13.2 Å². The summed E-state index contributed by atoms with van der Waals surface area (Å²) in [6, 6.07) is 0. The van der Waals surface area contributed by atoms with Crippen molar-refractivity contribution >= 4 is 7.60 Å². The molecule has 1 rings (SSSR count). The summed E-state index contributed by atoms with van der Waals surface area (Å²) in [5, 5.41) is 8.98. The first-order valence-electron chi connectivity index (χ1n) is 5.87. The van der Waals surface area contributed by atoms with E-state index in [1.54, 1.807) is 19.9 Å². The molecule has 94 valence electrons. The predicted molar refractivity (Wildman–Crippen MR) is 63.4 cm³/mol. The number of aliphatic hydroxyl groups is 1. The van der Waals surface area contributed by atoms with Crippen LogP contribution in [-0.4, -0.2) is 23.7 Å². The Morgan fingerprint density at radius 2 is 1.94 bits per heavy atom. The molecule has 0 saturated carbocycles. The van der Waals surface area contributed by atoms with Crippen LogP contribution in [0, 0.1) is 0 Å². The molecule has 16 heavy (non-hydrogen) atoms. The maximum atomic E-state index is 12.5. The highest BCUT2D eigenvalue weighted by Gasteiger charge is 2.47. The number of hydrogen-bond acceptors (Lipinski definition) is 4. The standard InChI is InChI=1S/C11H21O4P/c1-3-14-16(13,15-4-2)11(12)9-7-5-6-8-10-11/h7,9,12H,3-6,8,10H2,1-2H3. The van der Waals surface area contributed by atoms with Gasteiger partial charge in [-0.15, -0.1) is 0 Å². The lowest BCUT2D eigenvalue weighted by atomic mass is 10.2. The summed E-state index contributed by atoms with van der Waals surface area (Å²) in [4.78, 5) is 0. The molecule has 4 nitrogen and oxygen atoms in total. The van der Waals surface area contributed by atoms with Crippen LogP contribution in [0.15, 0.2) is 12.2 Å². The van der Waals surface area contributed by atoms with Gasteiger partial charge in [0.1, 0.15) is 0 Å². The fourth-order valence-electron chi connectivity index (χ4n) is 1.83. The minimum atomic E-state index is -3.47. The molecular formula is C11H21O4P. The van der Waals surface area contributed by atoms with E-state index in [2.05, 4.69) is 0 Å². The number of hydrogen-bond donors (Lipinski definition) is 1. The Morgan fingerprint density at radius 1 is 1.31 bits per heavy atom. The quantitative estimate of drug-likeness (QED) is 0.600. The van der Waals surface area contributed by atoms with Crippen LogP contribution in [-0.2, 0) is 13.6 Å². The normalized spacial score (nSPS) is 26.7. The zero-order valence-corrected chi connectivity index (χ0v) is 10.9. The second-order valence-electron chi connectivity index (χ2n) is 3.86. The summed E-state index contributed by atoms with van der Waals surface area (Å²) in [5.41, 5.74) is 0. The maximum absolute atomic E-state index is 12.5. The third kappa shape index (κ3) is 2.95. The fourth-order valence-corrected chi connectivity index (χ4v) is 3.75. The first-order valence-corrected chi connectivity index (χ1v) is 7.41. The van der Waals surface area contributed by atoms with E-state index in [0.29, 0.717) is 6.42 Å². The van der Waals surface area contributed by atoms with E-state index in [4.69, 9.17) is 9.05 Å². The lowest BCUT2D eigenvalue weighted by Gasteiger charge is -2.31. The molecule has 0 aromatic carbocycles. The Labute approximate surface area is 97.2 Å². The van der Waals surface area contributed by atoms with Gasteiger partial charge in [0.15, 0.2) is 5.34 Å². The van der Waals surface area contributed by atoms with Gasteiger partial charge in [0.25, 0.3) is 0 Å². The second kappa shape index (κ2) is 5.97. The van der Waals surface area contributed by atoms with Crippen molar-refractivity contribution in [3.05, 3.63) is 12.2 Å². The Bertz CT molecular complexity index is 280. The molecule has 0 spiro atoms. The van der Waals surface area contributed by atoms with Crippen molar-refractivity contribution < 1.29 is 18.7 Å². The summed E-state index contributed by atoms with van der Waals surface area (Å²) in [5.74, 6) is 0. The smallest absolute Gasteiger partial charge is 0.365 e. The van der Waals surface area contributed by atoms with Crippen LogP contribution < -0.4 is 0 Å². The van der Waals surface area contributed by atoms with Gasteiger partial charge in [-0.1, -0.05) is 6.08 Å². The van der Waals surface area contributed by atoms with Gasteiger partial charge in [-0.05, 0) is 45.6 Å². The first-order chi connectivity index (χ1) is 7.58. The van der Waals surface area contributed by atoms with Crippen LogP contribution in [0.2, 0.25) is 0 Å². The van der Waals surface area contributed by atoms with Gasteiger partial charge in [0.05, 0.1) is 13.2 Å². The molecule has 5 heteroatoms. The monoisotopic (exact) mass is 248 g/mol. The number of allylic oxidation sites excluding steroid dienone is 1. The lowest BCUT2D eigenvalue weighted by Crippen LogP contribution is -2.28. The predicted octanol–water partition coefficient (Wildman–Crippen LogP) is 3.07. The molecule has 0 aliphatic heterocycles.